The van der Waals surface area contributed by atoms with Crippen molar-refractivity contribution < 1.29 is 15.0 Å². The number of aliphatic carboxylic acids is 1. The van der Waals surface area contributed by atoms with Crippen LogP contribution < -0.4 is 0 Å². The van der Waals surface area contributed by atoms with Gasteiger partial charge >= 0.3 is 5.97 Å². The van der Waals surface area contributed by atoms with Gasteiger partial charge < -0.3 is 10.2 Å². The first-order valence-corrected chi connectivity index (χ1v) is 4.02. The molecule has 4 heteroatoms. The Bertz CT molecular complexity index is 406. The van der Waals surface area contributed by atoms with Crippen molar-refractivity contribution in [3.8, 4) is 11.8 Å². The van der Waals surface area contributed by atoms with E-state index in [0.717, 1.165) is 0 Å². The van der Waals surface area contributed by atoms with Crippen LogP contribution in [0, 0.1) is 11.3 Å². The molecule has 14 heavy (non-hydrogen) atoms. The molecule has 0 saturated carbocycles. The molecule has 1 atom stereocenters. The fourth-order valence-corrected chi connectivity index (χ4v) is 1.06. The van der Waals surface area contributed by atoms with Gasteiger partial charge in [0.25, 0.3) is 0 Å². The number of carboxylic acids is 1. The van der Waals surface area contributed by atoms with Gasteiger partial charge in [0.15, 0.2) is 0 Å². The summed E-state index contributed by atoms with van der Waals surface area (Å²) in [6, 6.07) is 5.99. The average Bonchev–Trinajstić information content (AvgIpc) is 2.17. The summed E-state index contributed by atoms with van der Waals surface area (Å²) in [6.07, 6.45) is 0. The van der Waals surface area contributed by atoms with Crippen LogP contribution in [0.25, 0.3) is 0 Å². The number of rotatable bonds is 2. The zero-order valence-corrected chi connectivity index (χ0v) is 7.56. The molecular weight excluding hydrogens is 182 g/mol. The number of hydrogen-bond donors (Lipinski definition) is 2. The van der Waals surface area contributed by atoms with Gasteiger partial charge in [-0.2, -0.15) is 5.26 Å². The van der Waals surface area contributed by atoms with E-state index in [1.807, 2.05) is 0 Å². The Morgan fingerprint density at radius 1 is 1.57 bits per heavy atom. The molecule has 0 radical (unpaired) electrons. The molecule has 0 saturated heterocycles. The number of nitriles is 1. The second-order valence-corrected chi connectivity index (χ2v) is 2.95. The normalized spacial score (nSPS) is 11.7. The monoisotopic (exact) mass is 191 g/mol. The van der Waals surface area contributed by atoms with Gasteiger partial charge in [0.1, 0.15) is 11.8 Å². The molecule has 2 N–H and O–H groups in total. The van der Waals surface area contributed by atoms with E-state index < -0.39 is 11.9 Å². The van der Waals surface area contributed by atoms with Crippen molar-refractivity contribution in [2.24, 2.45) is 0 Å². The third-order valence-electron chi connectivity index (χ3n) is 2.01. The van der Waals surface area contributed by atoms with Crippen LogP contribution >= 0.6 is 0 Å². The zero-order chi connectivity index (χ0) is 10.7. The molecule has 0 aliphatic rings. The molecule has 1 aromatic carbocycles. The predicted molar refractivity (Wildman–Crippen MR) is 48.9 cm³/mol. The topological polar surface area (TPSA) is 81.3 Å². The fraction of sp³-hybridized carbons (Fsp3) is 0.200. The first-order chi connectivity index (χ1) is 6.56. The maximum atomic E-state index is 10.6. The lowest BCUT2D eigenvalue weighted by atomic mass is 9.99. The Balaban J connectivity index is 3.14. The summed E-state index contributed by atoms with van der Waals surface area (Å²) in [5.74, 6) is -1.77. The minimum absolute atomic E-state index is 0.0931. The third-order valence-corrected chi connectivity index (χ3v) is 2.01. The van der Waals surface area contributed by atoms with Gasteiger partial charge in [0.05, 0.1) is 11.5 Å². The number of phenolic OH excluding ortho intramolecular Hbond substituents is 1. The molecule has 0 aromatic heterocycles. The maximum absolute atomic E-state index is 10.6. The quantitative estimate of drug-likeness (QED) is 0.741. The Morgan fingerprint density at radius 3 is 2.71 bits per heavy atom. The van der Waals surface area contributed by atoms with Crippen molar-refractivity contribution in [1.82, 2.24) is 0 Å². The Morgan fingerprint density at radius 2 is 2.21 bits per heavy atom. The average molecular weight is 191 g/mol. The standard InChI is InChI=1S/C10H9NO3/c1-6(10(13)14)7-2-3-9(12)8(4-7)5-11/h2-4,6,12H,1H3,(H,13,14). The Hall–Kier alpha value is -2.02. The zero-order valence-electron chi connectivity index (χ0n) is 7.56. The minimum Gasteiger partial charge on any atom is -0.507 e. The Labute approximate surface area is 81.0 Å². The highest BCUT2D eigenvalue weighted by molar-refractivity contribution is 5.75. The van der Waals surface area contributed by atoms with Crippen LogP contribution in [0.1, 0.15) is 24.0 Å². The van der Waals surface area contributed by atoms with E-state index in [2.05, 4.69) is 0 Å². The molecule has 0 aliphatic carbocycles. The van der Waals surface area contributed by atoms with Gasteiger partial charge in [-0.1, -0.05) is 6.07 Å². The third kappa shape index (κ3) is 1.83. The molecule has 0 bridgehead atoms. The van der Waals surface area contributed by atoms with Crippen molar-refractivity contribution in [3.63, 3.8) is 0 Å². The minimum atomic E-state index is -0.959. The summed E-state index contributed by atoms with van der Waals surface area (Å²) < 4.78 is 0. The lowest BCUT2D eigenvalue weighted by molar-refractivity contribution is -0.138. The van der Waals surface area contributed by atoms with Gasteiger partial charge in [-0.3, -0.25) is 4.79 Å². The van der Waals surface area contributed by atoms with Crippen LogP contribution in [-0.4, -0.2) is 16.2 Å². The molecule has 0 spiro atoms. The van der Waals surface area contributed by atoms with Gasteiger partial charge in [0.2, 0.25) is 0 Å². The predicted octanol–water partition coefficient (Wildman–Crippen LogP) is 1.45. The second-order valence-electron chi connectivity index (χ2n) is 2.95. The number of nitrogens with zero attached hydrogens (tertiary/aromatic N) is 1. The van der Waals surface area contributed by atoms with Crippen LogP contribution in [0.4, 0.5) is 0 Å². The van der Waals surface area contributed by atoms with Gasteiger partial charge in [-0.05, 0) is 24.6 Å². The first-order valence-electron chi connectivity index (χ1n) is 4.02. The van der Waals surface area contributed by atoms with Crippen molar-refractivity contribution in [1.29, 1.82) is 5.26 Å². The molecule has 0 amide bonds. The molecule has 0 fully saturated rings. The van der Waals surface area contributed by atoms with E-state index >= 15 is 0 Å². The van der Waals surface area contributed by atoms with Crippen molar-refractivity contribution in [2.45, 2.75) is 12.8 Å². The summed E-state index contributed by atoms with van der Waals surface area (Å²) in [7, 11) is 0. The molecule has 72 valence electrons. The van der Waals surface area contributed by atoms with Crippen molar-refractivity contribution in [2.75, 3.05) is 0 Å². The smallest absolute Gasteiger partial charge is 0.310 e. The molecule has 1 aromatic rings. The van der Waals surface area contributed by atoms with E-state index in [9.17, 15) is 9.90 Å². The van der Waals surface area contributed by atoms with Gasteiger partial charge in [0, 0.05) is 0 Å². The van der Waals surface area contributed by atoms with E-state index in [0.29, 0.717) is 5.56 Å². The van der Waals surface area contributed by atoms with E-state index in [-0.39, 0.29) is 11.3 Å². The molecule has 4 nitrogen and oxygen atoms in total. The highest BCUT2D eigenvalue weighted by Crippen LogP contribution is 2.22. The van der Waals surface area contributed by atoms with Crippen LogP contribution in [0.3, 0.4) is 0 Å². The fourth-order valence-electron chi connectivity index (χ4n) is 1.06. The molecule has 0 aliphatic heterocycles. The summed E-state index contributed by atoms with van der Waals surface area (Å²) in [6.45, 7) is 1.52. The second kappa shape index (κ2) is 3.79. The number of phenols is 1. The Kier molecular flexibility index (Phi) is 2.73. The first kappa shape index (κ1) is 10.1. The summed E-state index contributed by atoms with van der Waals surface area (Å²) in [4.78, 5) is 10.6. The van der Waals surface area contributed by atoms with Gasteiger partial charge in [-0.15, -0.1) is 0 Å². The van der Waals surface area contributed by atoms with Crippen LogP contribution in [-0.2, 0) is 4.79 Å². The molecule has 0 heterocycles. The SMILES string of the molecule is CC(C(=O)O)c1ccc(O)c(C#N)c1. The summed E-state index contributed by atoms with van der Waals surface area (Å²) in [5.41, 5.74) is 0.599. The van der Waals surface area contributed by atoms with E-state index in [4.69, 9.17) is 10.4 Å². The van der Waals surface area contributed by atoms with Crippen molar-refractivity contribution >= 4 is 5.97 Å². The summed E-state index contributed by atoms with van der Waals surface area (Å²) >= 11 is 0. The lowest BCUT2D eigenvalue weighted by Gasteiger charge is -2.06. The van der Waals surface area contributed by atoms with Gasteiger partial charge in [-0.25, -0.2) is 0 Å². The number of benzene rings is 1. The van der Waals surface area contributed by atoms with Crippen LogP contribution in [0.2, 0.25) is 0 Å². The molecule has 1 rings (SSSR count). The summed E-state index contributed by atoms with van der Waals surface area (Å²) in [5, 5.41) is 26.5. The van der Waals surface area contributed by atoms with E-state index in [1.54, 1.807) is 6.07 Å². The van der Waals surface area contributed by atoms with Crippen LogP contribution in [0.15, 0.2) is 18.2 Å². The number of hydrogen-bond acceptors (Lipinski definition) is 3. The van der Waals surface area contributed by atoms with E-state index in [1.165, 1.54) is 25.1 Å². The molecule has 1 unspecified atom stereocenters. The number of carbonyl (C=O) groups is 1. The maximum Gasteiger partial charge on any atom is 0.310 e. The highest BCUT2D eigenvalue weighted by Gasteiger charge is 2.14. The lowest BCUT2D eigenvalue weighted by Crippen LogP contribution is -2.07. The van der Waals surface area contributed by atoms with Crippen molar-refractivity contribution in [3.05, 3.63) is 29.3 Å². The largest absolute Gasteiger partial charge is 0.507 e. The highest BCUT2D eigenvalue weighted by atomic mass is 16.4. The molecular formula is C10H9NO3. The number of carboxylic acid groups (broad SMARTS) is 1. The number of aromatic hydroxyl groups is 1. The van der Waals surface area contributed by atoms with Crippen LogP contribution in [0.5, 0.6) is 5.75 Å².